The second-order valence-electron chi connectivity index (χ2n) is 6.31. The number of rotatable bonds is 9. The van der Waals surface area contributed by atoms with Crippen molar-refractivity contribution in [2.75, 3.05) is 32.1 Å². The quantitative estimate of drug-likeness (QED) is 0.658. The predicted octanol–water partition coefficient (Wildman–Crippen LogP) is 4.57. The first-order valence-electron chi connectivity index (χ1n) is 9.26. The number of methoxy groups -OCH3 is 1. The number of benzene rings is 2. The summed E-state index contributed by atoms with van der Waals surface area (Å²) in [5, 5.41) is 2.37. The van der Waals surface area contributed by atoms with E-state index < -0.39 is 17.6 Å². The van der Waals surface area contributed by atoms with E-state index in [1.165, 1.54) is 18.2 Å². The van der Waals surface area contributed by atoms with Crippen molar-refractivity contribution in [3.05, 3.63) is 53.6 Å². The van der Waals surface area contributed by atoms with Gasteiger partial charge >= 0.3 is 6.18 Å². The molecule has 0 radical (unpaired) electrons. The van der Waals surface area contributed by atoms with Crippen LogP contribution in [0.2, 0.25) is 0 Å². The molecule has 0 saturated carbocycles. The van der Waals surface area contributed by atoms with Crippen molar-refractivity contribution in [1.82, 2.24) is 4.90 Å². The zero-order valence-corrected chi connectivity index (χ0v) is 16.7. The number of alkyl halides is 3. The van der Waals surface area contributed by atoms with Crippen molar-refractivity contribution in [1.29, 1.82) is 0 Å². The number of hydrogen-bond acceptors (Lipinski definition) is 4. The molecule has 0 atom stereocenters. The summed E-state index contributed by atoms with van der Waals surface area (Å²) in [5.74, 6) is 0.703. The van der Waals surface area contributed by atoms with E-state index in [1.54, 1.807) is 13.2 Å². The van der Waals surface area contributed by atoms with Gasteiger partial charge in [-0.25, -0.2) is 0 Å². The highest BCUT2D eigenvalue weighted by Crippen LogP contribution is 2.34. The van der Waals surface area contributed by atoms with E-state index in [4.69, 9.17) is 9.47 Å². The normalized spacial score (nSPS) is 11.4. The summed E-state index contributed by atoms with van der Waals surface area (Å²) >= 11 is 0. The van der Waals surface area contributed by atoms with Gasteiger partial charge in [-0.05, 0) is 43.3 Å². The molecule has 0 saturated heterocycles. The number of nitrogens with one attached hydrogen (secondary N) is 1. The predicted molar refractivity (Wildman–Crippen MR) is 105 cm³/mol. The molecule has 158 valence electrons. The van der Waals surface area contributed by atoms with Gasteiger partial charge in [-0.2, -0.15) is 13.2 Å². The summed E-state index contributed by atoms with van der Waals surface area (Å²) in [4.78, 5) is 14.2. The lowest BCUT2D eigenvalue weighted by Gasteiger charge is -2.21. The van der Waals surface area contributed by atoms with Crippen molar-refractivity contribution in [3.63, 3.8) is 0 Å². The molecule has 2 aromatic rings. The van der Waals surface area contributed by atoms with Crippen LogP contribution in [0.4, 0.5) is 18.9 Å². The van der Waals surface area contributed by atoms with E-state index in [1.807, 2.05) is 30.9 Å². The monoisotopic (exact) mass is 410 g/mol. The van der Waals surface area contributed by atoms with Crippen LogP contribution in [0.5, 0.6) is 11.5 Å². The third kappa shape index (κ3) is 6.39. The van der Waals surface area contributed by atoms with Gasteiger partial charge in [0.1, 0.15) is 0 Å². The number of ether oxygens (including phenoxy) is 2. The molecule has 2 aromatic carbocycles. The van der Waals surface area contributed by atoms with Gasteiger partial charge in [0.05, 0.1) is 31.5 Å². The van der Waals surface area contributed by atoms with Crippen LogP contribution in [0.25, 0.3) is 0 Å². The second-order valence-corrected chi connectivity index (χ2v) is 6.31. The lowest BCUT2D eigenvalue weighted by molar-refractivity contribution is -0.137. The molecule has 0 bridgehead atoms. The van der Waals surface area contributed by atoms with Crippen LogP contribution in [0, 0.1) is 0 Å². The van der Waals surface area contributed by atoms with E-state index in [0.29, 0.717) is 31.2 Å². The Hall–Kier alpha value is -2.74. The molecule has 8 heteroatoms. The summed E-state index contributed by atoms with van der Waals surface area (Å²) in [7, 11) is 1.55. The van der Waals surface area contributed by atoms with Gasteiger partial charge in [0.2, 0.25) is 5.91 Å². The smallest absolute Gasteiger partial charge is 0.418 e. The Kier molecular flexibility index (Phi) is 7.90. The van der Waals surface area contributed by atoms with Crippen LogP contribution in [0.15, 0.2) is 42.5 Å². The van der Waals surface area contributed by atoms with Gasteiger partial charge in [-0.1, -0.05) is 25.1 Å². The Balaban J connectivity index is 2.06. The number of para-hydroxylation sites is 1. The molecule has 29 heavy (non-hydrogen) atoms. The lowest BCUT2D eigenvalue weighted by Crippen LogP contribution is -2.33. The van der Waals surface area contributed by atoms with Crippen molar-refractivity contribution in [3.8, 4) is 11.5 Å². The average molecular weight is 410 g/mol. The van der Waals surface area contributed by atoms with Crippen LogP contribution in [-0.4, -0.2) is 37.6 Å². The van der Waals surface area contributed by atoms with Crippen molar-refractivity contribution >= 4 is 11.6 Å². The van der Waals surface area contributed by atoms with Crippen molar-refractivity contribution < 1.29 is 27.4 Å². The fourth-order valence-corrected chi connectivity index (χ4v) is 2.85. The highest BCUT2D eigenvalue weighted by atomic mass is 19.4. The largest absolute Gasteiger partial charge is 0.493 e. The summed E-state index contributed by atoms with van der Waals surface area (Å²) in [6.07, 6.45) is -4.53. The molecule has 1 amide bonds. The first kappa shape index (κ1) is 22.5. The molecule has 0 aliphatic rings. The number of amides is 1. The van der Waals surface area contributed by atoms with Gasteiger partial charge in [-0.15, -0.1) is 0 Å². The number of carbonyl (C=O) groups is 1. The first-order valence-corrected chi connectivity index (χ1v) is 9.26. The molecular weight excluding hydrogens is 385 g/mol. The molecule has 0 spiro atoms. The Morgan fingerprint density at radius 2 is 1.83 bits per heavy atom. The van der Waals surface area contributed by atoms with Gasteiger partial charge in [0, 0.05) is 6.54 Å². The minimum Gasteiger partial charge on any atom is -0.493 e. The molecule has 5 nitrogen and oxygen atoms in total. The molecule has 0 aromatic heterocycles. The number of hydrogen-bond donors (Lipinski definition) is 1. The third-order valence-electron chi connectivity index (χ3n) is 4.26. The fraction of sp³-hybridized carbons (Fsp3) is 0.381. The third-order valence-corrected chi connectivity index (χ3v) is 4.26. The van der Waals surface area contributed by atoms with E-state index >= 15 is 0 Å². The van der Waals surface area contributed by atoms with Crippen LogP contribution < -0.4 is 14.8 Å². The van der Waals surface area contributed by atoms with E-state index in [9.17, 15) is 18.0 Å². The highest BCUT2D eigenvalue weighted by Gasteiger charge is 2.33. The summed E-state index contributed by atoms with van der Waals surface area (Å²) < 4.78 is 50.1. The Morgan fingerprint density at radius 1 is 1.10 bits per heavy atom. The molecule has 0 unspecified atom stereocenters. The van der Waals surface area contributed by atoms with Crippen LogP contribution in [-0.2, 0) is 17.5 Å². The summed E-state index contributed by atoms with van der Waals surface area (Å²) in [6.45, 7) is 5.20. The Bertz CT molecular complexity index is 825. The van der Waals surface area contributed by atoms with Crippen LogP contribution >= 0.6 is 0 Å². The number of carbonyl (C=O) groups excluding carboxylic acids is 1. The maximum absolute atomic E-state index is 13.1. The van der Waals surface area contributed by atoms with E-state index in [-0.39, 0.29) is 12.2 Å². The molecule has 2 rings (SSSR count). The Morgan fingerprint density at radius 3 is 2.45 bits per heavy atom. The lowest BCUT2D eigenvalue weighted by atomic mass is 10.1. The average Bonchev–Trinajstić information content (AvgIpc) is 2.68. The SMILES string of the molecule is CCOc1ccc(CN(CC)CC(=O)Nc2ccccc2C(F)(F)F)cc1OC. The van der Waals surface area contributed by atoms with Gasteiger partial charge < -0.3 is 14.8 Å². The van der Waals surface area contributed by atoms with Crippen LogP contribution in [0.3, 0.4) is 0 Å². The van der Waals surface area contributed by atoms with Crippen molar-refractivity contribution in [2.45, 2.75) is 26.6 Å². The van der Waals surface area contributed by atoms with E-state index in [2.05, 4.69) is 5.32 Å². The molecule has 0 aliphatic carbocycles. The Labute approximate surface area is 168 Å². The zero-order valence-electron chi connectivity index (χ0n) is 16.7. The topological polar surface area (TPSA) is 50.8 Å². The zero-order chi connectivity index (χ0) is 21.4. The fourth-order valence-electron chi connectivity index (χ4n) is 2.85. The van der Waals surface area contributed by atoms with Crippen LogP contribution in [0.1, 0.15) is 25.0 Å². The number of likely N-dealkylation sites (N-methyl/N-ethyl adjacent to an activating group) is 1. The maximum atomic E-state index is 13.1. The van der Waals surface area contributed by atoms with E-state index in [0.717, 1.165) is 11.6 Å². The minimum atomic E-state index is -4.53. The molecule has 1 N–H and O–H groups in total. The second kappa shape index (κ2) is 10.2. The molecule has 0 heterocycles. The number of halogens is 3. The van der Waals surface area contributed by atoms with Crippen molar-refractivity contribution in [2.24, 2.45) is 0 Å². The van der Waals surface area contributed by atoms with Gasteiger partial charge in [0.25, 0.3) is 0 Å². The molecular formula is C21H25F3N2O3. The molecule has 0 aliphatic heterocycles. The minimum absolute atomic E-state index is 0.0434. The first-order chi connectivity index (χ1) is 13.8. The van der Waals surface area contributed by atoms with Gasteiger partial charge in [0.15, 0.2) is 11.5 Å². The number of nitrogens with zero attached hydrogens (tertiary/aromatic N) is 1. The highest BCUT2D eigenvalue weighted by molar-refractivity contribution is 5.93. The summed E-state index contributed by atoms with van der Waals surface area (Å²) in [6, 6.07) is 10.4. The molecule has 0 fully saturated rings. The summed E-state index contributed by atoms with van der Waals surface area (Å²) in [5.41, 5.74) is -0.216. The number of anilines is 1. The maximum Gasteiger partial charge on any atom is 0.418 e. The standard InChI is InChI=1S/C21H25F3N2O3/c1-4-26(13-15-10-11-18(29-5-2)19(12-15)28-3)14-20(27)25-17-9-7-6-8-16(17)21(22,23)24/h6-12H,4-5,13-14H2,1-3H3,(H,25,27). The van der Waals surface area contributed by atoms with Gasteiger partial charge in [-0.3, -0.25) is 9.69 Å².